The molecule has 2 aromatic rings. The third-order valence-electron chi connectivity index (χ3n) is 2.61. The van der Waals surface area contributed by atoms with E-state index in [2.05, 4.69) is 21.0 Å². The van der Waals surface area contributed by atoms with Crippen LogP contribution in [0.4, 0.5) is 0 Å². The zero-order chi connectivity index (χ0) is 13.7. The van der Waals surface area contributed by atoms with Crippen molar-refractivity contribution in [2.45, 2.75) is 24.8 Å². The lowest BCUT2D eigenvalue weighted by atomic mass is 10.2. The monoisotopic (exact) mass is 338 g/mol. The molecule has 0 aliphatic carbocycles. The highest BCUT2D eigenvalue weighted by Gasteiger charge is 2.07. The van der Waals surface area contributed by atoms with Crippen molar-refractivity contribution in [2.24, 2.45) is 0 Å². The molecule has 0 amide bonds. The minimum atomic E-state index is 0.223. The number of carbonyl (C=O) groups excluding carboxylic acids is 1. The number of Topliss-reactive ketones (excluding diaryl/α,β-unsaturated/α-hetero) is 1. The van der Waals surface area contributed by atoms with E-state index >= 15 is 0 Å². The highest BCUT2D eigenvalue weighted by molar-refractivity contribution is 9.10. The quantitative estimate of drug-likeness (QED) is 0.755. The predicted molar refractivity (Wildman–Crippen MR) is 81.5 cm³/mol. The second-order valence-electron chi connectivity index (χ2n) is 4.17. The van der Waals surface area contributed by atoms with Crippen LogP contribution in [0.5, 0.6) is 0 Å². The van der Waals surface area contributed by atoms with Gasteiger partial charge in [0, 0.05) is 28.5 Å². The summed E-state index contributed by atoms with van der Waals surface area (Å²) in [6.07, 6.45) is 4.16. The Labute approximate surface area is 125 Å². The molecule has 0 radical (unpaired) electrons. The van der Waals surface area contributed by atoms with Crippen molar-refractivity contribution in [3.63, 3.8) is 0 Å². The van der Waals surface area contributed by atoms with E-state index in [1.165, 1.54) is 0 Å². The van der Waals surface area contributed by atoms with Gasteiger partial charge in [-0.25, -0.2) is 0 Å². The van der Waals surface area contributed by atoms with Gasteiger partial charge in [0.1, 0.15) is 5.78 Å². The Kier molecular flexibility index (Phi) is 5.22. The number of rotatable bonds is 6. The molecular formula is C14H15BrN2OS. The van der Waals surface area contributed by atoms with Crippen LogP contribution in [-0.2, 0) is 17.8 Å². The Hall–Kier alpha value is -1.07. The maximum atomic E-state index is 11.9. The van der Waals surface area contributed by atoms with Crippen LogP contribution in [0.15, 0.2) is 46.0 Å². The van der Waals surface area contributed by atoms with Gasteiger partial charge >= 0.3 is 0 Å². The first-order valence-electron chi connectivity index (χ1n) is 6.09. The lowest BCUT2D eigenvalue weighted by Gasteiger charge is -2.01. The molecule has 0 fully saturated rings. The molecule has 0 unspecified atom stereocenters. The number of aryl methyl sites for hydroxylation is 1. The molecule has 0 atom stereocenters. The molecule has 0 aliphatic heterocycles. The molecule has 2 rings (SSSR count). The highest BCUT2D eigenvalue weighted by atomic mass is 79.9. The summed E-state index contributed by atoms with van der Waals surface area (Å²) in [7, 11) is 0. The average Bonchev–Trinajstić information content (AvgIpc) is 2.84. The minimum absolute atomic E-state index is 0.223. The second-order valence-corrected chi connectivity index (χ2v) is 6.13. The maximum absolute atomic E-state index is 11.9. The number of ketones is 1. The van der Waals surface area contributed by atoms with Gasteiger partial charge in [0.2, 0.25) is 0 Å². The van der Waals surface area contributed by atoms with Gasteiger partial charge in [0.05, 0.1) is 11.9 Å². The van der Waals surface area contributed by atoms with Crippen molar-refractivity contribution in [2.75, 3.05) is 5.75 Å². The van der Waals surface area contributed by atoms with Gasteiger partial charge in [-0.15, -0.1) is 11.8 Å². The third kappa shape index (κ3) is 4.51. The zero-order valence-corrected chi connectivity index (χ0v) is 13.1. The molecule has 1 aromatic carbocycles. The van der Waals surface area contributed by atoms with Crippen molar-refractivity contribution < 1.29 is 4.79 Å². The lowest BCUT2D eigenvalue weighted by Crippen LogP contribution is -2.05. The molecule has 100 valence electrons. The summed E-state index contributed by atoms with van der Waals surface area (Å²) in [4.78, 5) is 13.0. The normalized spacial score (nSPS) is 10.6. The first-order valence-corrected chi connectivity index (χ1v) is 7.86. The Balaban J connectivity index is 1.84. The van der Waals surface area contributed by atoms with Crippen LogP contribution >= 0.6 is 27.7 Å². The van der Waals surface area contributed by atoms with E-state index in [1.807, 2.05) is 42.1 Å². The van der Waals surface area contributed by atoms with E-state index in [1.54, 1.807) is 18.0 Å². The summed E-state index contributed by atoms with van der Waals surface area (Å²) < 4.78 is 2.87. The van der Waals surface area contributed by atoms with Gasteiger partial charge < -0.3 is 0 Å². The molecule has 0 bridgehead atoms. The van der Waals surface area contributed by atoms with Crippen LogP contribution in [0.25, 0.3) is 0 Å². The number of aromatic nitrogens is 2. The van der Waals surface area contributed by atoms with Crippen molar-refractivity contribution in [1.82, 2.24) is 9.78 Å². The molecule has 5 heteroatoms. The number of carbonyl (C=O) groups is 1. The summed E-state index contributed by atoms with van der Waals surface area (Å²) in [5.74, 6) is 0.717. The molecule has 1 aromatic heterocycles. The van der Waals surface area contributed by atoms with Gasteiger partial charge in [-0.1, -0.05) is 22.0 Å². The molecule has 19 heavy (non-hydrogen) atoms. The Morgan fingerprint density at radius 3 is 3.00 bits per heavy atom. The SMILES string of the molecule is CCn1cc(CC(=O)CSc2cccc(Br)c2)cn1. The highest BCUT2D eigenvalue weighted by Crippen LogP contribution is 2.22. The number of halogens is 1. The Morgan fingerprint density at radius 1 is 1.47 bits per heavy atom. The van der Waals surface area contributed by atoms with Crippen LogP contribution in [0.2, 0.25) is 0 Å². The van der Waals surface area contributed by atoms with E-state index in [0.29, 0.717) is 12.2 Å². The molecule has 0 saturated carbocycles. The van der Waals surface area contributed by atoms with E-state index in [9.17, 15) is 4.79 Å². The number of hydrogen-bond donors (Lipinski definition) is 0. The molecule has 0 saturated heterocycles. The predicted octanol–water partition coefficient (Wildman–Crippen LogP) is 3.57. The summed E-state index contributed by atoms with van der Waals surface area (Å²) in [5.41, 5.74) is 0.988. The standard InChI is InChI=1S/C14H15BrN2OS/c1-2-17-9-11(8-16-17)6-13(18)10-19-14-5-3-4-12(15)7-14/h3-5,7-9H,2,6,10H2,1H3. The molecule has 0 spiro atoms. The summed E-state index contributed by atoms with van der Waals surface area (Å²) in [6, 6.07) is 7.98. The number of benzene rings is 1. The van der Waals surface area contributed by atoms with Crippen LogP contribution in [0, 0.1) is 0 Å². The second kappa shape index (κ2) is 6.91. The topological polar surface area (TPSA) is 34.9 Å². The minimum Gasteiger partial charge on any atom is -0.298 e. The van der Waals surface area contributed by atoms with Crippen molar-refractivity contribution in [3.05, 3.63) is 46.7 Å². The first kappa shape index (κ1) is 14.3. The largest absolute Gasteiger partial charge is 0.298 e. The van der Waals surface area contributed by atoms with Gasteiger partial charge in [0.25, 0.3) is 0 Å². The summed E-state index contributed by atoms with van der Waals surface area (Å²) in [6.45, 7) is 2.86. The van der Waals surface area contributed by atoms with Crippen LogP contribution in [0.1, 0.15) is 12.5 Å². The first-order chi connectivity index (χ1) is 9.17. The van der Waals surface area contributed by atoms with E-state index in [0.717, 1.165) is 21.5 Å². The third-order valence-corrected chi connectivity index (χ3v) is 4.15. The molecule has 0 N–H and O–H groups in total. The Bertz CT molecular complexity index is 568. The molecular weight excluding hydrogens is 324 g/mol. The smallest absolute Gasteiger partial charge is 0.147 e. The molecule has 1 heterocycles. The van der Waals surface area contributed by atoms with Gasteiger partial charge in [-0.2, -0.15) is 5.10 Å². The molecule has 0 aliphatic rings. The Morgan fingerprint density at radius 2 is 2.32 bits per heavy atom. The fourth-order valence-corrected chi connectivity index (χ4v) is 3.04. The van der Waals surface area contributed by atoms with Crippen molar-refractivity contribution >= 4 is 33.5 Å². The van der Waals surface area contributed by atoms with Crippen molar-refractivity contribution in [3.8, 4) is 0 Å². The van der Waals surface area contributed by atoms with E-state index < -0.39 is 0 Å². The van der Waals surface area contributed by atoms with Gasteiger partial charge in [-0.3, -0.25) is 9.48 Å². The number of nitrogens with zero attached hydrogens (tertiary/aromatic N) is 2. The van der Waals surface area contributed by atoms with E-state index in [-0.39, 0.29) is 5.78 Å². The fourth-order valence-electron chi connectivity index (χ4n) is 1.67. The zero-order valence-electron chi connectivity index (χ0n) is 10.7. The van der Waals surface area contributed by atoms with Crippen LogP contribution in [-0.4, -0.2) is 21.3 Å². The van der Waals surface area contributed by atoms with Gasteiger partial charge in [-0.05, 0) is 30.7 Å². The van der Waals surface area contributed by atoms with Crippen LogP contribution in [0.3, 0.4) is 0 Å². The fraction of sp³-hybridized carbons (Fsp3) is 0.286. The van der Waals surface area contributed by atoms with Gasteiger partial charge in [0.15, 0.2) is 0 Å². The number of hydrogen-bond acceptors (Lipinski definition) is 3. The summed E-state index contributed by atoms with van der Waals surface area (Å²) >= 11 is 4.99. The maximum Gasteiger partial charge on any atom is 0.147 e. The lowest BCUT2D eigenvalue weighted by molar-refractivity contribution is -0.116. The van der Waals surface area contributed by atoms with Crippen LogP contribution < -0.4 is 0 Å². The number of thioether (sulfide) groups is 1. The van der Waals surface area contributed by atoms with Crippen molar-refractivity contribution in [1.29, 1.82) is 0 Å². The average molecular weight is 339 g/mol. The van der Waals surface area contributed by atoms with E-state index in [4.69, 9.17) is 0 Å². The molecule has 3 nitrogen and oxygen atoms in total. The summed E-state index contributed by atoms with van der Waals surface area (Å²) in [5, 5.41) is 4.17.